The number of ether oxygens (including phenoxy) is 2. The molecule has 0 spiro atoms. The van der Waals surface area contributed by atoms with E-state index in [1.165, 1.54) is 12.1 Å². The Morgan fingerprint density at radius 1 is 1.22 bits per heavy atom. The molecular formula is C15H21Cl3O5. The molecule has 0 fully saturated rings. The first-order valence-electron chi connectivity index (χ1n) is 7.02. The van der Waals surface area contributed by atoms with Crippen molar-refractivity contribution in [3.63, 3.8) is 0 Å². The molecule has 1 aromatic carbocycles. The number of aliphatic carboxylic acids is 1. The Morgan fingerprint density at radius 3 is 2.35 bits per heavy atom. The van der Waals surface area contributed by atoms with E-state index in [2.05, 4.69) is 6.92 Å². The Labute approximate surface area is 151 Å². The third kappa shape index (κ3) is 11.5. The number of benzene rings is 1. The van der Waals surface area contributed by atoms with Gasteiger partial charge in [-0.15, -0.1) is 0 Å². The summed E-state index contributed by atoms with van der Waals surface area (Å²) in [6, 6.07) is 2.76. The minimum atomic E-state index is -1.09. The summed E-state index contributed by atoms with van der Waals surface area (Å²) in [6.45, 7) is 4.62. The maximum Gasteiger partial charge on any atom is 0.341 e. The number of hydrogen-bond donors (Lipinski definition) is 2. The molecule has 1 unspecified atom stereocenters. The van der Waals surface area contributed by atoms with Crippen molar-refractivity contribution in [2.45, 2.75) is 32.8 Å². The number of carbonyl (C=O) groups is 1. The molecule has 1 aromatic rings. The third-order valence-corrected chi connectivity index (χ3v) is 3.34. The summed E-state index contributed by atoms with van der Waals surface area (Å²) in [6.07, 6.45) is 1.92. The first-order valence-corrected chi connectivity index (χ1v) is 8.16. The molecule has 5 nitrogen and oxygen atoms in total. The van der Waals surface area contributed by atoms with E-state index >= 15 is 0 Å². The van der Waals surface area contributed by atoms with Gasteiger partial charge >= 0.3 is 5.97 Å². The molecule has 0 heterocycles. The van der Waals surface area contributed by atoms with Gasteiger partial charge in [0.2, 0.25) is 0 Å². The van der Waals surface area contributed by atoms with Crippen molar-refractivity contribution >= 4 is 40.8 Å². The van der Waals surface area contributed by atoms with E-state index in [0.717, 1.165) is 19.4 Å². The van der Waals surface area contributed by atoms with Crippen LogP contribution in [0.3, 0.4) is 0 Å². The van der Waals surface area contributed by atoms with Crippen molar-refractivity contribution in [2.24, 2.45) is 0 Å². The SMILES string of the molecule is CCCCOCC(C)O.O=C(O)COc1cc(Cl)c(Cl)cc1Cl. The van der Waals surface area contributed by atoms with Crippen LogP contribution in [0.2, 0.25) is 15.1 Å². The molecule has 0 amide bonds. The van der Waals surface area contributed by atoms with E-state index in [0.29, 0.717) is 11.6 Å². The van der Waals surface area contributed by atoms with Gasteiger partial charge in [0.25, 0.3) is 0 Å². The quantitative estimate of drug-likeness (QED) is 0.514. The summed E-state index contributed by atoms with van der Waals surface area (Å²) < 4.78 is 9.94. The number of carboxylic acids is 1. The van der Waals surface area contributed by atoms with E-state index in [1.54, 1.807) is 6.92 Å². The van der Waals surface area contributed by atoms with Crippen molar-refractivity contribution in [3.05, 3.63) is 27.2 Å². The molecule has 0 radical (unpaired) electrons. The second-order valence-electron chi connectivity index (χ2n) is 4.66. The average molecular weight is 388 g/mol. The highest BCUT2D eigenvalue weighted by Crippen LogP contribution is 2.33. The van der Waals surface area contributed by atoms with Crippen LogP contribution in [0.4, 0.5) is 0 Å². The zero-order chi connectivity index (χ0) is 17.8. The van der Waals surface area contributed by atoms with E-state index in [-0.39, 0.29) is 21.9 Å². The molecule has 2 N–H and O–H groups in total. The van der Waals surface area contributed by atoms with Gasteiger partial charge in [0.1, 0.15) is 5.75 Å². The lowest BCUT2D eigenvalue weighted by atomic mass is 10.3. The Hall–Kier alpha value is -0.720. The van der Waals surface area contributed by atoms with Crippen LogP contribution in [-0.4, -0.2) is 42.1 Å². The molecule has 0 aliphatic heterocycles. The first kappa shape index (κ1) is 22.3. The van der Waals surface area contributed by atoms with Gasteiger partial charge in [-0.25, -0.2) is 4.79 Å². The Morgan fingerprint density at radius 2 is 1.83 bits per heavy atom. The van der Waals surface area contributed by atoms with Gasteiger partial charge in [0.05, 0.1) is 27.8 Å². The summed E-state index contributed by atoms with van der Waals surface area (Å²) >= 11 is 17.1. The predicted molar refractivity (Wildman–Crippen MR) is 92.0 cm³/mol. The van der Waals surface area contributed by atoms with Crippen molar-refractivity contribution < 1.29 is 24.5 Å². The zero-order valence-corrected chi connectivity index (χ0v) is 15.3. The predicted octanol–water partition coefficient (Wildman–Crippen LogP) is 4.29. The maximum atomic E-state index is 10.2. The summed E-state index contributed by atoms with van der Waals surface area (Å²) in [5, 5.41) is 17.9. The topological polar surface area (TPSA) is 76.0 Å². The Balaban J connectivity index is 0.000000468. The fourth-order valence-electron chi connectivity index (χ4n) is 1.25. The van der Waals surface area contributed by atoms with Gasteiger partial charge < -0.3 is 19.7 Å². The lowest BCUT2D eigenvalue weighted by Crippen LogP contribution is -2.10. The molecule has 0 aliphatic rings. The molecule has 0 saturated carbocycles. The molecule has 8 heteroatoms. The highest BCUT2D eigenvalue weighted by atomic mass is 35.5. The highest BCUT2D eigenvalue weighted by Gasteiger charge is 2.08. The van der Waals surface area contributed by atoms with Crippen LogP contribution in [0.5, 0.6) is 5.75 Å². The minimum Gasteiger partial charge on any atom is -0.480 e. The van der Waals surface area contributed by atoms with Crippen molar-refractivity contribution in [2.75, 3.05) is 19.8 Å². The van der Waals surface area contributed by atoms with Gasteiger partial charge in [0.15, 0.2) is 6.61 Å². The third-order valence-electron chi connectivity index (χ3n) is 2.33. The molecular weight excluding hydrogens is 367 g/mol. The molecule has 0 bridgehead atoms. The minimum absolute atomic E-state index is 0.198. The number of unbranched alkanes of at least 4 members (excludes halogenated alkanes) is 1. The van der Waals surface area contributed by atoms with E-state index < -0.39 is 12.6 Å². The van der Waals surface area contributed by atoms with Gasteiger partial charge in [-0.3, -0.25) is 0 Å². The normalized spacial score (nSPS) is 11.4. The number of rotatable bonds is 8. The number of aliphatic hydroxyl groups excluding tert-OH is 1. The smallest absolute Gasteiger partial charge is 0.341 e. The number of aliphatic hydroxyl groups is 1. The van der Waals surface area contributed by atoms with Gasteiger partial charge in [-0.1, -0.05) is 48.1 Å². The molecule has 132 valence electrons. The van der Waals surface area contributed by atoms with E-state index in [9.17, 15) is 4.79 Å². The monoisotopic (exact) mass is 386 g/mol. The van der Waals surface area contributed by atoms with E-state index in [1.807, 2.05) is 0 Å². The number of halogens is 3. The molecule has 0 saturated heterocycles. The molecule has 1 rings (SSSR count). The molecule has 0 aromatic heterocycles. The number of hydrogen-bond acceptors (Lipinski definition) is 4. The zero-order valence-electron chi connectivity index (χ0n) is 13.0. The van der Waals surface area contributed by atoms with Crippen LogP contribution in [-0.2, 0) is 9.53 Å². The fraction of sp³-hybridized carbons (Fsp3) is 0.533. The summed E-state index contributed by atoms with van der Waals surface area (Å²) in [5.41, 5.74) is 0. The summed E-state index contributed by atoms with van der Waals surface area (Å²) in [4.78, 5) is 10.2. The van der Waals surface area contributed by atoms with Gasteiger partial charge in [0, 0.05) is 12.7 Å². The lowest BCUT2D eigenvalue weighted by molar-refractivity contribution is -0.139. The standard InChI is InChI=1S/C8H5Cl3O3.C7H16O2/c9-4-1-6(11)7(2-5(4)10)14-3-8(12)13;1-3-4-5-9-6-7(2)8/h1-2H,3H2,(H,12,13);7-8H,3-6H2,1-2H3. The van der Waals surface area contributed by atoms with Crippen LogP contribution in [0.15, 0.2) is 12.1 Å². The van der Waals surface area contributed by atoms with Crippen LogP contribution in [0.25, 0.3) is 0 Å². The summed E-state index contributed by atoms with van der Waals surface area (Å²) in [5.74, 6) is -0.893. The lowest BCUT2D eigenvalue weighted by Gasteiger charge is -2.06. The molecule has 23 heavy (non-hydrogen) atoms. The van der Waals surface area contributed by atoms with Crippen LogP contribution >= 0.6 is 34.8 Å². The van der Waals surface area contributed by atoms with E-state index in [4.69, 9.17) is 54.5 Å². The van der Waals surface area contributed by atoms with Crippen LogP contribution < -0.4 is 4.74 Å². The average Bonchev–Trinajstić information content (AvgIpc) is 2.46. The maximum absolute atomic E-state index is 10.2. The second-order valence-corrected chi connectivity index (χ2v) is 5.88. The van der Waals surface area contributed by atoms with Crippen LogP contribution in [0, 0.1) is 0 Å². The molecule has 1 atom stereocenters. The van der Waals surface area contributed by atoms with Crippen molar-refractivity contribution in [1.82, 2.24) is 0 Å². The summed E-state index contributed by atoms with van der Waals surface area (Å²) in [7, 11) is 0. The largest absolute Gasteiger partial charge is 0.480 e. The first-order chi connectivity index (χ1) is 10.8. The van der Waals surface area contributed by atoms with Crippen LogP contribution in [0.1, 0.15) is 26.7 Å². The molecule has 0 aliphatic carbocycles. The Bertz CT molecular complexity index is 480. The van der Waals surface area contributed by atoms with Crippen molar-refractivity contribution in [1.29, 1.82) is 0 Å². The highest BCUT2D eigenvalue weighted by molar-refractivity contribution is 6.43. The fourth-order valence-corrected chi connectivity index (χ4v) is 1.85. The van der Waals surface area contributed by atoms with Gasteiger partial charge in [-0.05, 0) is 19.4 Å². The van der Waals surface area contributed by atoms with Crippen molar-refractivity contribution in [3.8, 4) is 5.75 Å². The second kappa shape index (κ2) is 12.7. The van der Waals surface area contributed by atoms with Gasteiger partial charge in [-0.2, -0.15) is 0 Å². The number of carboxylic acid groups (broad SMARTS) is 1. The Kier molecular flexibility index (Phi) is 12.3.